The van der Waals surface area contributed by atoms with Crippen LogP contribution < -0.4 is 0 Å². The summed E-state index contributed by atoms with van der Waals surface area (Å²) < 4.78 is 78.8. The molecule has 1 saturated heterocycles. The highest BCUT2D eigenvalue weighted by molar-refractivity contribution is 6.41. The molecule has 4 nitrogen and oxygen atoms in total. The first-order valence-corrected chi connectivity index (χ1v) is 7.09. The molecule has 0 bridgehead atoms. The van der Waals surface area contributed by atoms with E-state index in [9.17, 15) is 31.1 Å². The van der Waals surface area contributed by atoms with E-state index in [-0.39, 0.29) is 13.1 Å². The van der Waals surface area contributed by atoms with Gasteiger partial charge >= 0.3 is 18.4 Å². The second-order valence-electron chi connectivity index (χ2n) is 6.83. The number of halogens is 6. The van der Waals surface area contributed by atoms with Gasteiger partial charge < -0.3 is 9.64 Å². The third-order valence-corrected chi connectivity index (χ3v) is 3.59. The molecule has 1 aliphatic heterocycles. The number of amides is 1. The summed E-state index contributed by atoms with van der Waals surface area (Å²) in [6.07, 6.45) is -18.0. The molecule has 0 N–H and O–H groups in total. The minimum absolute atomic E-state index is 0.0720. The van der Waals surface area contributed by atoms with E-state index in [4.69, 9.17) is 23.5 Å². The van der Waals surface area contributed by atoms with Gasteiger partial charge in [-0.2, -0.15) is 26.3 Å². The molecular weight excluding hydrogens is 351 g/mol. The van der Waals surface area contributed by atoms with Crippen molar-refractivity contribution in [3.05, 3.63) is 0 Å². The number of ether oxygens (including phenoxy) is 1. The molecule has 136 valence electrons. The Labute approximate surface area is 145 Å². The first kappa shape index (κ1) is 22.0. The summed E-state index contributed by atoms with van der Waals surface area (Å²) in [6.45, 7) is 5.01. The molecule has 1 fully saturated rings. The van der Waals surface area contributed by atoms with Crippen molar-refractivity contribution in [1.29, 1.82) is 0 Å². The largest absolute Gasteiger partial charge is 0.434 e. The summed E-state index contributed by atoms with van der Waals surface area (Å²) in [4.78, 5) is 13.9. The van der Waals surface area contributed by atoms with Gasteiger partial charge in [-0.05, 0) is 26.1 Å². The van der Waals surface area contributed by atoms with Crippen LogP contribution in [0, 0.1) is 0 Å². The van der Waals surface area contributed by atoms with Crippen molar-refractivity contribution < 1.29 is 35.9 Å². The van der Waals surface area contributed by atoms with Gasteiger partial charge in [-0.3, -0.25) is 4.90 Å². The Morgan fingerprint density at radius 3 is 1.88 bits per heavy atom. The van der Waals surface area contributed by atoms with Gasteiger partial charge in [-0.1, -0.05) is 0 Å². The predicted molar refractivity (Wildman–Crippen MR) is 79.3 cm³/mol. The fourth-order valence-electron chi connectivity index (χ4n) is 2.36. The highest BCUT2D eigenvalue weighted by Crippen LogP contribution is 2.37. The lowest BCUT2D eigenvalue weighted by Crippen LogP contribution is -2.72. The average molecular weight is 366 g/mol. The highest BCUT2D eigenvalue weighted by Gasteiger charge is 2.60. The summed E-state index contributed by atoms with van der Waals surface area (Å²) in [6, 6.07) is 0. The molecule has 25 heavy (non-hydrogen) atoms. The van der Waals surface area contributed by atoms with Crippen molar-refractivity contribution >= 4 is 29.6 Å². The monoisotopic (exact) mass is 366 g/mol. The summed E-state index contributed by atoms with van der Waals surface area (Å²) in [5.74, 6) is -1.36. The lowest BCUT2D eigenvalue weighted by Gasteiger charge is -2.55. The first-order chi connectivity index (χ1) is 10.9. The van der Waals surface area contributed by atoms with Crippen LogP contribution in [0.15, 0.2) is 0 Å². The molecular formula is C12H15B3F6N2O2. The van der Waals surface area contributed by atoms with Crippen LogP contribution in [0.2, 0.25) is 0 Å². The first-order valence-electron chi connectivity index (χ1n) is 7.09. The molecule has 1 atom stereocenters. The van der Waals surface area contributed by atoms with E-state index in [0.29, 0.717) is 4.90 Å². The third kappa shape index (κ3) is 5.24. The van der Waals surface area contributed by atoms with Crippen LogP contribution in [-0.4, -0.2) is 87.8 Å². The molecule has 0 aromatic rings. The van der Waals surface area contributed by atoms with Gasteiger partial charge in [0.25, 0.3) is 6.10 Å². The summed E-state index contributed by atoms with van der Waals surface area (Å²) >= 11 is 0. The maximum absolute atomic E-state index is 12.5. The standard InChI is InChI=1S/C12H15B3F6N2O2/c1-9(2,3)22-4-6(13)23(10(14,15)5-22)8(24)25-7(11(16,17)18)12(19,20)21/h6-7H,4-5H2,1-3H3. The molecule has 6 radical (unpaired) electrons. The van der Waals surface area contributed by atoms with E-state index in [1.54, 1.807) is 25.7 Å². The normalized spacial score (nSPS) is 23.0. The Balaban J connectivity index is 3.05. The molecule has 1 rings (SSSR count). The zero-order chi connectivity index (χ0) is 20.0. The minimum atomic E-state index is -5.85. The number of rotatable bonds is 1. The number of hydrogen-bond donors (Lipinski definition) is 0. The molecule has 1 unspecified atom stereocenters. The topological polar surface area (TPSA) is 32.8 Å². The van der Waals surface area contributed by atoms with Crippen LogP contribution >= 0.6 is 0 Å². The average Bonchev–Trinajstić information content (AvgIpc) is 2.29. The van der Waals surface area contributed by atoms with E-state index in [1.807, 2.05) is 0 Å². The van der Waals surface area contributed by atoms with E-state index < -0.39 is 41.4 Å². The van der Waals surface area contributed by atoms with Gasteiger partial charge in [0.15, 0.2) is 0 Å². The van der Waals surface area contributed by atoms with Crippen LogP contribution in [-0.2, 0) is 4.74 Å². The summed E-state index contributed by atoms with van der Waals surface area (Å²) in [5.41, 5.74) is -0.502. The van der Waals surface area contributed by atoms with Gasteiger partial charge in [0.2, 0.25) is 0 Å². The third-order valence-electron chi connectivity index (χ3n) is 3.59. The van der Waals surface area contributed by atoms with Crippen molar-refractivity contribution in [3.63, 3.8) is 0 Å². The fraction of sp³-hybridized carbons (Fsp3) is 0.917. The molecule has 1 heterocycles. The number of carbonyl (C=O) groups excluding carboxylic acids is 1. The zero-order valence-corrected chi connectivity index (χ0v) is 13.8. The lowest BCUT2D eigenvalue weighted by molar-refractivity contribution is -0.309. The maximum atomic E-state index is 12.5. The van der Waals surface area contributed by atoms with Crippen molar-refractivity contribution in [2.24, 2.45) is 0 Å². The van der Waals surface area contributed by atoms with Crippen molar-refractivity contribution in [3.8, 4) is 0 Å². The van der Waals surface area contributed by atoms with Crippen LogP contribution in [0.4, 0.5) is 31.1 Å². The Hall–Kier alpha value is -0.995. The van der Waals surface area contributed by atoms with Crippen LogP contribution in [0.1, 0.15) is 20.8 Å². The Morgan fingerprint density at radius 2 is 1.56 bits per heavy atom. The van der Waals surface area contributed by atoms with Gasteiger partial charge in [0.05, 0.1) is 15.7 Å². The number of hydrogen-bond acceptors (Lipinski definition) is 3. The van der Waals surface area contributed by atoms with Gasteiger partial charge in [0.1, 0.15) is 7.85 Å². The Kier molecular flexibility index (Phi) is 5.84. The van der Waals surface area contributed by atoms with Crippen molar-refractivity contribution in [1.82, 2.24) is 9.80 Å². The number of alkyl halides is 6. The quantitative estimate of drug-likeness (QED) is 0.522. The molecule has 0 aromatic carbocycles. The maximum Gasteiger partial charge on any atom is 0.434 e. The Morgan fingerprint density at radius 1 is 1.12 bits per heavy atom. The molecule has 0 saturated carbocycles. The number of carbonyl (C=O) groups is 1. The molecule has 0 spiro atoms. The molecule has 0 aromatic heterocycles. The van der Waals surface area contributed by atoms with Gasteiger partial charge in [0, 0.05) is 24.6 Å². The van der Waals surface area contributed by atoms with Crippen molar-refractivity contribution in [2.45, 2.75) is 56.0 Å². The van der Waals surface area contributed by atoms with E-state index in [0.717, 1.165) is 0 Å². The highest BCUT2D eigenvalue weighted by atomic mass is 19.4. The second-order valence-corrected chi connectivity index (χ2v) is 6.83. The van der Waals surface area contributed by atoms with Crippen molar-refractivity contribution in [2.75, 3.05) is 13.1 Å². The van der Waals surface area contributed by atoms with E-state index in [2.05, 4.69) is 4.74 Å². The van der Waals surface area contributed by atoms with Gasteiger partial charge in [-0.15, -0.1) is 0 Å². The van der Waals surface area contributed by atoms with Crippen LogP contribution in [0.3, 0.4) is 0 Å². The van der Waals surface area contributed by atoms with Crippen LogP contribution in [0.5, 0.6) is 0 Å². The van der Waals surface area contributed by atoms with Gasteiger partial charge in [-0.25, -0.2) is 4.79 Å². The lowest BCUT2D eigenvalue weighted by atomic mass is 9.57. The second kappa shape index (κ2) is 6.62. The fourth-order valence-corrected chi connectivity index (χ4v) is 2.36. The minimum Gasteiger partial charge on any atom is -0.427 e. The molecule has 0 aliphatic carbocycles. The number of nitrogens with zero attached hydrogens (tertiary/aromatic N) is 2. The molecule has 13 heteroatoms. The molecule has 1 aliphatic rings. The van der Waals surface area contributed by atoms with E-state index in [1.165, 1.54) is 0 Å². The number of piperazine rings is 1. The Bertz CT molecular complexity index is 493. The smallest absolute Gasteiger partial charge is 0.427 e. The zero-order valence-electron chi connectivity index (χ0n) is 13.8. The molecule has 1 amide bonds. The predicted octanol–water partition coefficient (Wildman–Crippen LogP) is 1.52. The van der Waals surface area contributed by atoms with Crippen LogP contribution in [0.25, 0.3) is 0 Å². The van der Waals surface area contributed by atoms with E-state index >= 15 is 0 Å². The summed E-state index contributed by atoms with van der Waals surface area (Å²) in [5, 5.41) is -2.12. The SMILES string of the molecule is [B]C1CN(C(C)(C)C)CC([B])([B])N1C(=O)OC(C(F)(F)F)C(F)(F)F. The summed E-state index contributed by atoms with van der Waals surface area (Å²) in [7, 11) is 17.1.